The molecule has 1 aliphatic heterocycles. The summed E-state index contributed by atoms with van der Waals surface area (Å²) < 4.78 is 5.44. The average Bonchev–Trinajstić information content (AvgIpc) is 2.38. The third kappa shape index (κ3) is 3.75. The topological polar surface area (TPSA) is 75.5 Å². The second-order valence-corrected chi connectivity index (χ2v) is 5.71. The number of carboxylic acid groups (broad SMARTS) is 1. The molecule has 1 atom stereocenters. The van der Waals surface area contributed by atoms with Crippen molar-refractivity contribution in [2.45, 2.75) is 26.3 Å². The molecule has 0 amide bonds. The van der Waals surface area contributed by atoms with Crippen LogP contribution in [0.2, 0.25) is 0 Å². The lowest BCUT2D eigenvalue weighted by Crippen LogP contribution is -2.44. The molecule has 0 spiro atoms. The number of carbonyl (C=O) groups is 1. The van der Waals surface area contributed by atoms with Gasteiger partial charge in [-0.15, -0.1) is 0 Å². The van der Waals surface area contributed by atoms with Gasteiger partial charge >= 0.3 is 5.97 Å². The van der Waals surface area contributed by atoms with Crippen molar-refractivity contribution in [1.29, 1.82) is 0 Å². The number of anilines is 1. The van der Waals surface area contributed by atoms with E-state index in [1.165, 1.54) is 0 Å². The summed E-state index contributed by atoms with van der Waals surface area (Å²) in [6.45, 7) is 5.06. The van der Waals surface area contributed by atoms with E-state index < -0.39 is 5.97 Å². The Kier molecular flexibility index (Phi) is 5.05. The maximum Gasteiger partial charge on any atom is 0.305 e. The van der Waals surface area contributed by atoms with Crippen LogP contribution in [0.1, 0.15) is 19.2 Å². The summed E-state index contributed by atoms with van der Waals surface area (Å²) in [6.07, 6.45) is 0.125. The lowest BCUT2D eigenvalue weighted by Gasteiger charge is -2.35. The summed E-state index contributed by atoms with van der Waals surface area (Å²) in [4.78, 5) is 21.7. The fraction of sp³-hybridized carbons (Fsp3) is 0.615. The molecule has 20 heavy (non-hydrogen) atoms. The molecule has 0 saturated carbocycles. The molecule has 1 saturated heterocycles. The molecule has 1 N–H and O–H groups in total. The van der Waals surface area contributed by atoms with Crippen molar-refractivity contribution in [2.75, 3.05) is 29.6 Å². The summed E-state index contributed by atoms with van der Waals surface area (Å²) in [7, 11) is 0. The first-order chi connectivity index (χ1) is 9.60. The Bertz CT molecular complexity index is 484. The molecule has 0 radical (unpaired) electrons. The summed E-state index contributed by atoms with van der Waals surface area (Å²) >= 11 is 1.78. The van der Waals surface area contributed by atoms with Crippen LogP contribution in [0.4, 0.5) is 5.82 Å². The van der Waals surface area contributed by atoms with E-state index in [4.69, 9.17) is 9.84 Å². The van der Waals surface area contributed by atoms with E-state index in [9.17, 15) is 4.79 Å². The van der Waals surface area contributed by atoms with Gasteiger partial charge in [-0.2, -0.15) is 16.7 Å². The van der Waals surface area contributed by atoms with Gasteiger partial charge in [-0.05, 0) is 13.8 Å². The van der Waals surface area contributed by atoms with Gasteiger partial charge in [-0.3, -0.25) is 4.79 Å². The predicted molar refractivity (Wildman–Crippen MR) is 78.6 cm³/mol. The van der Waals surface area contributed by atoms with Crippen LogP contribution in [0.5, 0.6) is 5.88 Å². The van der Waals surface area contributed by atoms with Crippen LogP contribution in [0, 0.1) is 6.92 Å². The highest BCUT2D eigenvalue weighted by Gasteiger charge is 2.26. The number of rotatable bonds is 5. The van der Waals surface area contributed by atoms with Gasteiger partial charge in [0.05, 0.1) is 13.0 Å². The molecule has 7 heteroatoms. The fourth-order valence-corrected chi connectivity index (χ4v) is 3.28. The highest BCUT2D eigenvalue weighted by molar-refractivity contribution is 7.99. The van der Waals surface area contributed by atoms with Gasteiger partial charge in [-0.25, -0.2) is 4.98 Å². The molecule has 1 aromatic heterocycles. The van der Waals surface area contributed by atoms with Crippen molar-refractivity contribution in [3.8, 4) is 5.88 Å². The Morgan fingerprint density at radius 3 is 3.10 bits per heavy atom. The molecule has 2 rings (SSSR count). The summed E-state index contributed by atoms with van der Waals surface area (Å²) in [6, 6.07) is 1.76. The third-order valence-corrected chi connectivity index (χ3v) is 4.12. The molecule has 1 unspecified atom stereocenters. The minimum absolute atomic E-state index is 0.0324. The van der Waals surface area contributed by atoms with E-state index in [1.54, 1.807) is 17.8 Å². The van der Waals surface area contributed by atoms with Crippen LogP contribution in [0.15, 0.2) is 6.07 Å². The maximum absolute atomic E-state index is 11.0. The Hall–Kier alpha value is -1.50. The number of carboxylic acids is 1. The number of aryl methyl sites for hydroxylation is 1. The Morgan fingerprint density at radius 2 is 2.40 bits per heavy atom. The maximum atomic E-state index is 11.0. The van der Waals surface area contributed by atoms with E-state index >= 15 is 0 Å². The number of nitrogens with zero attached hydrogens (tertiary/aromatic N) is 3. The number of aliphatic carboxylic acids is 1. The second kappa shape index (κ2) is 6.78. The van der Waals surface area contributed by atoms with Crippen LogP contribution in [0.25, 0.3) is 0 Å². The van der Waals surface area contributed by atoms with Crippen LogP contribution >= 0.6 is 11.8 Å². The average molecular weight is 297 g/mol. The summed E-state index contributed by atoms with van der Waals surface area (Å²) in [5, 5.41) is 9.03. The highest BCUT2D eigenvalue weighted by Crippen LogP contribution is 2.26. The van der Waals surface area contributed by atoms with Crippen LogP contribution in [-0.4, -0.2) is 51.7 Å². The normalized spacial score (nSPS) is 18.9. The van der Waals surface area contributed by atoms with Gasteiger partial charge in [0.15, 0.2) is 0 Å². The molecule has 6 nitrogen and oxygen atoms in total. The zero-order valence-corrected chi connectivity index (χ0v) is 12.5. The van der Waals surface area contributed by atoms with Gasteiger partial charge in [-0.1, -0.05) is 0 Å². The molecule has 0 bridgehead atoms. The summed E-state index contributed by atoms with van der Waals surface area (Å²) in [5.74, 6) is 2.94. The van der Waals surface area contributed by atoms with Gasteiger partial charge < -0.3 is 14.7 Å². The molecular weight excluding hydrogens is 278 g/mol. The van der Waals surface area contributed by atoms with E-state index in [-0.39, 0.29) is 12.5 Å². The highest BCUT2D eigenvalue weighted by atomic mass is 32.2. The van der Waals surface area contributed by atoms with Crippen molar-refractivity contribution in [1.82, 2.24) is 9.97 Å². The first kappa shape index (κ1) is 14.9. The minimum atomic E-state index is -0.779. The van der Waals surface area contributed by atoms with Crippen LogP contribution < -0.4 is 9.64 Å². The monoisotopic (exact) mass is 297 g/mol. The van der Waals surface area contributed by atoms with Crippen LogP contribution in [0.3, 0.4) is 0 Å². The van der Waals surface area contributed by atoms with Crippen molar-refractivity contribution < 1.29 is 14.6 Å². The largest absolute Gasteiger partial charge is 0.481 e. The zero-order valence-electron chi connectivity index (χ0n) is 11.7. The molecule has 1 aromatic rings. The van der Waals surface area contributed by atoms with Crippen molar-refractivity contribution in [3.05, 3.63) is 11.9 Å². The van der Waals surface area contributed by atoms with E-state index in [1.807, 2.05) is 13.8 Å². The molecular formula is C13H19N3O3S. The van der Waals surface area contributed by atoms with Gasteiger partial charge in [0, 0.05) is 30.2 Å². The van der Waals surface area contributed by atoms with Crippen molar-refractivity contribution in [2.24, 2.45) is 0 Å². The minimum Gasteiger partial charge on any atom is -0.481 e. The van der Waals surface area contributed by atoms with E-state index in [2.05, 4.69) is 14.9 Å². The first-order valence-electron chi connectivity index (χ1n) is 6.64. The second-order valence-electron chi connectivity index (χ2n) is 4.56. The predicted octanol–water partition coefficient (Wildman–Crippen LogP) is 1.58. The Balaban J connectivity index is 2.24. The lowest BCUT2D eigenvalue weighted by molar-refractivity contribution is -0.137. The van der Waals surface area contributed by atoms with Crippen molar-refractivity contribution in [3.63, 3.8) is 0 Å². The Labute approximate surface area is 122 Å². The molecule has 1 fully saturated rings. The number of aromatic nitrogens is 2. The number of hydrogen-bond donors (Lipinski definition) is 1. The van der Waals surface area contributed by atoms with Crippen molar-refractivity contribution >= 4 is 23.5 Å². The first-order valence-corrected chi connectivity index (χ1v) is 7.80. The third-order valence-electron chi connectivity index (χ3n) is 3.03. The molecule has 2 heterocycles. The quantitative estimate of drug-likeness (QED) is 0.884. The van der Waals surface area contributed by atoms with Gasteiger partial charge in [0.2, 0.25) is 5.88 Å². The molecule has 1 aliphatic rings. The van der Waals surface area contributed by atoms with Crippen LogP contribution in [-0.2, 0) is 4.79 Å². The summed E-state index contributed by atoms with van der Waals surface area (Å²) in [5.41, 5.74) is 0. The molecule has 0 aromatic carbocycles. The standard InChI is InChI=1S/C13H19N3O3S/c1-3-19-12-7-11(14-9(2)15-12)16-4-5-20-8-10(16)6-13(17)18/h7,10H,3-6,8H2,1-2H3,(H,17,18). The number of ether oxygens (including phenoxy) is 1. The van der Waals surface area contributed by atoms with Gasteiger partial charge in [0.25, 0.3) is 0 Å². The Morgan fingerprint density at radius 1 is 1.60 bits per heavy atom. The molecule has 110 valence electrons. The number of hydrogen-bond acceptors (Lipinski definition) is 6. The SMILES string of the molecule is CCOc1cc(N2CCSCC2CC(=O)O)nc(C)n1. The van der Waals surface area contributed by atoms with E-state index in [0.29, 0.717) is 18.3 Å². The van der Waals surface area contributed by atoms with E-state index in [0.717, 1.165) is 23.9 Å². The lowest BCUT2D eigenvalue weighted by atomic mass is 10.2. The fourth-order valence-electron chi connectivity index (χ4n) is 2.22. The number of thioether (sulfide) groups is 1. The zero-order chi connectivity index (χ0) is 14.5. The van der Waals surface area contributed by atoms with Gasteiger partial charge in [0.1, 0.15) is 11.6 Å². The smallest absolute Gasteiger partial charge is 0.305 e. The molecule has 0 aliphatic carbocycles.